The molecule has 1 aliphatic rings. The third-order valence-electron chi connectivity index (χ3n) is 3.74. The Morgan fingerprint density at radius 2 is 2.12 bits per heavy atom. The van der Waals surface area contributed by atoms with Gasteiger partial charge in [-0.15, -0.1) is 0 Å². The number of aromatic nitrogens is 2. The van der Waals surface area contributed by atoms with Gasteiger partial charge in [-0.1, -0.05) is 12.8 Å². The zero-order chi connectivity index (χ0) is 11.9. The Morgan fingerprint density at radius 3 is 2.82 bits per heavy atom. The average molecular weight is 230 g/mol. The molecule has 88 valence electrons. The summed E-state index contributed by atoms with van der Waals surface area (Å²) < 4.78 is 1.84. The van der Waals surface area contributed by atoms with Crippen molar-refractivity contribution in [2.45, 2.75) is 31.2 Å². The van der Waals surface area contributed by atoms with Gasteiger partial charge in [-0.2, -0.15) is 0 Å². The van der Waals surface area contributed by atoms with Gasteiger partial charge in [0.2, 0.25) is 0 Å². The first-order valence-corrected chi connectivity index (χ1v) is 5.90. The van der Waals surface area contributed by atoms with Crippen LogP contribution in [0.5, 0.6) is 0 Å². The maximum absolute atomic E-state index is 11.6. The number of carboxylic acids is 1. The molecular weight excluding hydrogens is 216 g/mol. The predicted octanol–water partition coefficient (Wildman–Crippen LogP) is 2.39. The van der Waals surface area contributed by atoms with Crippen LogP contribution in [0.25, 0.3) is 11.0 Å². The molecule has 0 radical (unpaired) electrons. The summed E-state index contributed by atoms with van der Waals surface area (Å²) in [7, 11) is 0. The average Bonchev–Trinajstić information content (AvgIpc) is 2.95. The molecule has 1 aliphatic carbocycles. The summed E-state index contributed by atoms with van der Waals surface area (Å²) in [5, 5.41) is 10.5. The maximum atomic E-state index is 11.6. The van der Waals surface area contributed by atoms with Crippen LogP contribution in [0.15, 0.2) is 30.6 Å². The first kappa shape index (κ1) is 10.3. The Hall–Kier alpha value is -1.84. The molecule has 1 fully saturated rings. The fourth-order valence-electron chi connectivity index (χ4n) is 2.83. The monoisotopic (exact) mass is 230 g/mol. The highest BCUT2D eigenvalue weighted by atomic mass is 16.4. The van der Waals surface area contributed by atoms with E-state index in [2.05, 4.69) is 4.98 Å². The third kappa shape index (κ3) is 1.37. The fraction of sp³-hybridized carbons (Fsp3) is 0.385. The van der Waals surface area contributed by atoms with Gasteiger partial charge in [-0.3, -0.25) is 0 Å². The van der Waals surface area contributed by atoms with Gasteiger partial charge in [0.05, 0.1) is 0 Å². The van der Waals surface area contributed by atoms with E-state index in [0.717, 1.165) is 23.9 Å². The molecule has 3 rings (SSSR count). The molecule has 2 aromatic rings. The van der Waals surface area contributed by atoms with Crippen LogP contribution in [0.4, 0.5) is 0 Å². The van der Waals surface area contributed by atoms with E-state index in [1.807, 2.05) is 29.0 Å². The number of nitrogens with zero attached hydrogens (tertiary/aromatic N) is 2. The summed E-state index contributed by atoms with van der Waals surface area (Å²) >= 11 is 0. The Morgan fingerprint density at radius 1 is 1.35 bits per heavy atom. The lowest BCUT2D eigenvalue weighted by atomic mass is 9.97. The minimum atomic E-state index is -0.782. The van der Waals surface area contributed by atoms with Gasteiger partial charge in [-0.05, 0) is 31.0 Å². The van der Waals surface area contributed by atoms with E-state index in [1.165, 1.54) is 0 Å². The molecule has 4 nitrogen and oxygen atoms in total. The van der Waals surface area contributed by atoms with Crippen molar-refractivity contribution in [1.29, 1.82) is 0 Å². The lowest BCUT2D eigenvalue weighted by molar-refractivity contribution is -0.147. The second kappa shape index (κ2) is 3.58. The highest BCUT2D eigenvalue weighted by Gasteiger charge is 2.43. The minimum Gasteiger partial charge on any atom is -0.479 e. The minimum absolute atomic E-state index is 0.697. The number of carboxylic acid groups (broad SMARTS) is 1. The van der Waals surface area contributed by atoms with Crippen molar-refractivity contribution in [2.24, 2.45) is 0 Å². The van der Waals surface area contributed by atoms with Gasteiger partial charge in [0.1, 0.15) is 11.2 Å². The highest BCUT2D eigenvalue weighted by molar-refractivity contribution is 5.83. The Labute approximate surface area is 98.9 Å². The van der Waals surface area contributed by atoms with Crippen molar-refractivity contribution in [1.82, 2.24) is 9.55 Å². The SMILES string of the molecule is O=C(O)C1(n2ccc3cccnc32)CCCC1. The molecule has 17 heavy (non-hydrogen) atoms. The fourth-order valence-corrected chi connectivity index (χ4v) is 2.83. The van der Waals surface area contributed by atoms with Gasteiger partial charge < -0.3 is 9.67 Å². The molecule has 1 saturated carbocycles. The summed E-state index contributed by atoms with van der Waals surface area (Å²) in [4.78, 5) is 15.9. The zero-order valence-corrected chi connectivity index (χ0v) is 9.47. The maximum Gasteiger partial charge on any atom is 0.329 e. The summed E-state index contributed by atoms with van der Waals surface area (Å²) in [5.41, 5.74) is -0.00683. The second-order valence-corrected chi connectivity index (χ2v) is 4.65. The molecule has 0 spiro atoms. The molecule has 0 saturated heterocycles. The van der Waals surface area contributed by atoms with Gasteiger partial charge >= 0.3 is 5.97 Å². The van der Waals surface area contributed by atoms with Crippen LogP contribution in [0, 0.1) is 0 Å². The van der Waals surface area contributed by atoms with E-state index < -0.39 is 11.5 Å². The van der Waals surface area contributed by atoms with Crippen LogP contribution in [0.2, 0.25) is 0 Å². The molecule has 0 aliphatic heterocycles. The Balaban J connectivity index is 2.22. The molecule has 2 heterocycles. The number of pyridine rings is 1. The molecular formula is C13H14N2O2. The molecule has 4 heteroatoms. The largest absolute Gasteiger partial charge is 0.479 e. The Kier molecular flexibility index (Phi) is 2.18. The molecule has 1 N–H and O–H groups in total. The second-order valence-electron chi connectivity index (χ2n) is 4.65. The van der Waals surface area contributed by atoms with E-state index in [9.17, 15) is 9.90 Å². The van der Waals surface area contributed by atoms with E-state index in [4.69, 9.17) is 0 Å². The molecule has 0 atom stereocenters. The Bertz CT molecular complexity index is 568. The van der Waals surface area contributed by atoms with Crippen LogP contribution >= 0.6 is 0 Å². The molecule has 0 amide bonds. The van der Waals surface area contributed by atoms with Gasteiger partial charge in [0.15, 0.2) is 0 Å². The standard InChI is InChI=1S/C13H14N2O2/c16-12(17)13(6-1-2-7-13)15-9-5-10-4-3-8-14-11(10)15/h3-5,8-9H,1-2,6-7H2,(H,16,17). The summed E-state index contributed by atoms with van der Waals surface area (Å²) in [5.74, 6) is -0.738. The number of hydrogen-bond donors (Lipinski definition) is 1. The van der Waals surface area contributed by atoms with E-state index in [1.54, 1.807) is 6.20 Å². The number of hydrogen-bond acceptors (Lipinski definition) is 2. The van der Waals surface area contributed by atoms with Crippen LogP contribution in [0.1, 0.15) is 25.7 Å². The van der Waals surface area contributed by atoms with Crippen molar-refractivity contribution < 1.29 is 9.90 Å². The summed E-state index contributed by atoms with van der Waals surface area (Å²) in [6.07, 6.45) is 6.91. The number of aliphatic carboxylic acids is 1. The smallest absolute Gasteiger partial charge is 0.329 e. The van der Waals surface area contributed by atoms with Crippen LogP contribution in [0.3, 0.4) is 0 Å². The van der Waals surface area contributed by atoms with Gasteiger partial charge in [-0.25, -0.2) is 9.78 Å². The number of rotatable bonds is 2. The summed E-state index contributed by atoms with van der Waals surface area (Å²) in [6, 6.07) is 5.77. The van der Waals surface area contributed by atoms with Crippen LogP contribution in [-0.2, 0) is 10.3 Å². The van der Waals surface area contributed by atoms with Crippen molar-refractivity contribution in [3.05, 3.63) is 30.6 Å². The zero-order valence-electron chi connectivity index (χ0n) is 9.47. The van der Waals surface area contributed by atoms with E-state index in [-0.39, 0.29) is 0 Å². The molecule has 0 unspecified atom stereocenters. The number of carbonyl (C=O) groups is 1. The van der Waals surface area contributed by atoms with Crippen LogP contribution in [-0.4, -0.2) is 20.6 Å². The molecule has 0 bridgehead atoms. The van der Waals surface area contributed by atoms with E-state index in [0.29, 0.717) is 12.8 Å². The summed E-state index contributed by atoms with van der Waals surface area (Å²) in [6.45, 7) is 0. The lowest BCUT2D eigenvalue weighted by Gasteiger charge is -2.26. The first-order chi connectivity index (χ1) is 8.24. The highest BCUT2D eigenvalue weighted by Crippen LogP contribution is 2.38. The molecule has 0 aromatic carbocycles. The van der Waals surface area contributed by atoms with Gasteiger partial charge in [0.25, 0.3) is 0 Å². The van der Waals surface area contributed by atoms with Crippen molar-refractivity contribution >= 4 is 17.0 Å². The quantitative estimate of drug-likeness (QED) is 0.861. The third-order valence-corrected chi connectivity index (χ3v) is 3.74. The van der Waals surface area contributed by atoms with Crippen molar-refractivity contribution in [2.75, 3.05) is 0 Å². The first-order valence-electron chi connectivity index (χ1n) is 5.90. The number of fused-ring (bicyclic) bond motifs is 1. The van der Waals surface area contributed by atoms with Crippen molar-refractivity contribution in [3.63, 3.8) is 0 Å². The van der Waals surface area contributed by atoms with Crippen LogP contribution < -0.4 is 0 Å². The molecule has 2 aromatic heterocycles. The van der Waals surface area contributed by atoms with Gasteiger partial charge in [0, 0.05) is 17.8 Å². The normalized spacial score (nSPS) is 18.6. The predicted molar refractivity (Wildman–Crippen MR) is 63.8 cm³/mol. The van der Waals surface area contributed by atoms with E-state index >= 15 is 0 Å². The topological polar surface area (TPSA) is 55.1 Å². The van der Waals surface area contributed by atoms with Crippen molar-refractivity contribution in [3.8, 4) is 0 Å². The lowest BCUT2D eigenvalue weighted by Crippen LogP contribution is -2.38.